The fourth-order valence-corrected chi connectivity index (χ4v) is 1.08. The van der Waals surface area contributed by atoms with Gasteiger partial charge >= 0.3 is 0 Å². The van der Waals surface area contributed by atoms with E-state index in [9.17, 15) is 0 Å². The quantitative estimate of drug-likeness (QED) is 0.405. The molecule has 0 amide bonds. The van der Waals surface area contributed by atoms with Crippen LogP contribution in [-0.2, 0) is 6.54 Å². The van der Waals surface area contributed by atoms with Crippen molar-refractivity contribution in [3.05, 3.63) is 34.6 Å². The normalized spacial score (nSPS) is 10.0. The van der Waals surface area contributed by atoms with Gasteiger partial charge in [-0.2, -0.15) is 0 Å². The standard InChI is InChI=1S/C6H6N6/c7-11-9-3-5-4-10-12-2-1-8-6(5)12/h1-2,4,10H,3H2. The number of rotatable bonds is 2. The van der Waals surface area contributed by atoms with Crippen LogP contribution >= 0.6 is 0 Å². The Morgan fingerprint density at radius 1 is 1.75 bits per heavy atom. The van der Waals surface area contributed by atoms with Crippen LogP contribution in [0.25, 0.3) is 16.1 Å². The Morgan fingerprint density at radius 2 is 2.67 bits per heavy atom. The molecule has 1 N–H and O–H groups in total. The molecule has 6 nitrogen and oxygen atoms in total. The Bertz CT molecular complexity index is 432. The summed E-state index contributed by atoms with van der Waals surface area (Å²) in [7, 11) is 0. The van der Waals surface area contributed by atoms with E-state index in [0.717, 1.165) is 11.2 Å². The van der Waals surface area contributed by atoms with Crippen LogP contribution < -0.4 is 0 Å². The van der Waals surface area contributed by atoms with Crippen molar-refractivity contribution in [1.82, 2.24) is 14.6 Å². The summed E-state index contributed by atoms with van der Waals surface area (Å²) in [6, 6.07) is 0. The van der Waals surface area contributed by atoms with E-state index < -0.39 is 0 Å². The number of nitrogens with zero attached hydrogens (tertiary/aromatic N) is 5. The highest BCUT2D eigenvalue weighted by molar-refractivity contribution is 5.45. The average molecular weight is 162 g/mol. The molecule has 60 valence electrons. The van der Waals surface area contributed by atoms with Gasteiger partial charge in [0.2, 0.25) is 0 Å². The second-order valence-electron chi connectivity index (χ2n) is 2.31. The predicted octanol–water partition coefficient (Wildman–Crippen LogP) is 1.47. The van der Waals surface area contributed by atoms with Crippen molar-refractivity contribution in [3.63, 3.8) is 0 Å². The molecular weight excluding hydrogens is 156 g/mol. The number of hydrogen-bond acceptors (Lipinski definition) is 2. The minimum absolute atomic E-state index is 0.334. The van der Waals surface area contributed by atoms with Gasteiger partial charge in [-0.3, -0.25) is 5.10 Å². The number of fused-ring (bicyclic) bond motifs is 1. The Labute approximate surface area is 67.4 Å². The van der Waals surface area contributed by atoms with Gasteiger partial charge in [0.1, 0.15) is 0 Å². The van der Waals surface area contributed by atoms with E-state index in [2.05, 4.69) is 20.1 Å². The molecule has 0 aliphatic heterocycles. The van der Waals surface area contributed by atoms with Gasteiger partial charge in [0.05, 0.1) is 6.54 Å². The molecule has 2 aromatic heterocycles. The number of imidazole rings is 1. The van der Waals surface area contributed by atoms with Crippen LogP contribution in [0, 0.1) is 0 Å². The van der Waals surface area contributed by atoms with Crippen molar-refractivity contribution in [3.8, 4) is 0 Å². The van der Waals surface area contributed by atoms with E-state index in [4.69, 9.17) is 5.53 Å². The molecule has 6 heteroatoms. The van der Waals surface area contributed by atoms with Crippen molar-refractivity contribution >= 4 is 5.65 Å². The van der Waals surface area contributed by atoms with E-state index in [-0.39, 0.29) is 0 Å². The molecule has 2 rings (SSSR count). The fourth-order valence-electron chi connectivity index (χ4n) is 1.08. The second-order valence-corrected chi connectivity index (χ2v) is 2.31. The predicted molar refractivity (Wildman–Crippen MR) is 42.4 cm³/mol. The largest absolute Gasteiger partial charge is 0.300 e. The molecule has 2 aromatic rings. The van der Waals surface area contributed by atoms with Crippen molar-refractivity contribution in [2.45, 2.75) is 6.54 Å². The minimum atomic E-state index is 0.334. The maximum atomic E-state index is 8.11. The van der Waals surface area contributed by atoms with Crippen LogP contribution in [0.15, 0.2) is 23.7 Å². The Balaban J connectivity index is 2.46. The zero-order valence-corrected chi connectivity index (χ0v) is 6.18. The third kappa shape index (κ3) is 0.906. The van der Waals surface area contributed by atoms with E-state index in [1.807, 2.05) is 0 Å². The van der Waals surface area contributed by atoms with Crippen LogP contribution in [0.5, 0.6) is 0 Å². The zero-order chi connectivity index (χ0) is 8.39. The molecule has 0 saturated heterocycles. The molecule has 2 heterocycles. The summed E-state index contributed by atoms with van der Waals surface area (Å²) in [4.78, 5) is 6.76. The van der Waals surface area contributed by atoms with Gasteiger partial charge < -0.3 is 0 Å². The lowest BCUT2D eigenvalue weighted by molar-refractivity contribution is 0.973. The highest BCUT2D eigenvalue weighted by atomic mass is 15.3. The first-order valence-electron chi connectivity index (χ1n) is 3.42. The first-order valence-corrected chi connectivity index (χ1v) is 3.42. The van der Waals surface area contributed by atoms with E-state index in [1.54, 1.807) is 23.1 Å². The van der Waals surface area contributed by atoms with Crippen LogP contribution in [0.4, 0.5) is 0 Å². The lowest BCUT2D eigenvalue weighted by Crippen LogP contribution is -1.79. The first-order chi connectivity index (χ1) is 5.92. The van der Waals surface area contributed by atoms with E-state index in [1.165, 1.54) is 0 Å². The molecule has 0 atom stereocenters. The molecule has 0 aliphatic rings. The van der Waals surface area contributed by atoms with Crippen molar-refractivity contribution in [2.24, 2.45) is 5.11 Å². The van der Waals surface area contributed by atoms with Crippen molar-refractivity contribution in [1.29, 1.82) is 0 Å². The number of aromatic amines is 1. The van der Waals surface area contributed by atoms with Crippen molar-refractivity contribution < 1.29 is 0 Å². The van der Waals surface area contributed by atoms with Crippen LogP contribution in [-0.4, -0.2) is 14.6 Å². The summed E-state index contributed by atoms with van der Waals surface area (Å²) in [5.41, 5.74) is 9.82. The summed E-state index contributed by atoms with van der Waals surface area (Å²) < 4.78 is 1.77. The van der Waals surface area contributed by atoms with Gasteiger partial charge in [0, 0.05) is 29.1 Å². The number of azide groups is 1. The number of hydrogen-bond donors (Lipinski definition) is 1. The third-order valence-electron chi connectivity index (χ3n) is 1.61. The Hall–Kier alpha value is -1.94. The molecule has 12 heavy (non-hydrogen) atoms. The fraction of sp³-hybridized carbons (Fsp3) is 0.167. The molecule has 0 spiro atoms. The average Bonchev–Trinajstić information content (AvgIpc) is 2.62. The molecule has 0 bridgehead atoms. The van der Waals surface area contributed by atoms with Crippen molar-refractivity contribution in [2.75, 3.05) is 0 Å². The Kier molecular flexibility index (Phi) is 1.46. The smallest absolute Gasteiger partial charge is 0.156 e. The molecule has 0 saturated carbocycles. The third-order valence-corrected chi connectivity index (χ3v) is 1.61. The second kappa shape index (κ2) is 2.60. The van der Waals surface area contributed by atoms with Crippen LogP contribution in [0.1, 0.15) is 5.56 Å². The molecule has 0 aliphatic carbocycles. The SMILES string of the molecule is [N-]=[N+]=NCc1c[nH]n2ccnc12. The summed E-state index contributed by atoms with van der Waals surface area (Å²) in [5, 5.41) is 6.40. The van der Waals surface area contributed by atoms with Gasteiger partial charge in [-0.05, 0) is 5.53 Å². The lowest BCUT2D eigenvalue weighted by atomic mass is 10.3. The van der Waals surface area contributed by atoms with Gasteiger partial charge in [0.15, 0.2) is 5.65 Å². The maximum absolute atomic E-state index is 8.11. The number of H-pyrrole nitrogens is 1. The van der Waals surface area contributed by atoms with Gasteiger partial charge in [0.25, 0.3) is 0 Å². The molecular formula is C6H6N6. The maximum Gasteiger partial charge on any atom is 0.156 e. The molecule has 0 unspecified atom stereocenters. The zero-order valence-electron chi connectivity index (χ0n) is 6.18. The highest BCUT2D eigenvalue weighted by Gasteiger charge is 2.01. The minimum Gasteiger partial charge on any atom is -0.300 e. The Morgan fingerprint density at radius 3 is 3.50 bits per heavy atom. The van der Waals surface area contributed by atoms with Crippen LogP contribution in [0.2, 0.25) is 0 Å². The summed E-state index contributed by atoms with van der Waals surface area (Å²) in [5.74, 6) is 0. The summed E-state index contributed by atoms with van der Waals surface area (Å²) >= 11 is 0. The summed E-state index contributed by atoms with van der Waals surface area (Å²) in [6.45, 7) is 0.334. The van der Waals surface area contributed by atoms with E-state index in [0.29, 0.717) is 6.54 Å². The summed E-state index contributed by atoms with van der Waals surface area (Å²) in [6.07, 6.45) is 5.26. The van der Waals surface area contributed by atoms with Gasteiger partial charge in [-0.15, -0.1) is 0 Å². The molecule has 0 fully saturated rings. The number of aromatic nitrogens is 3. The van der Waals surface area contributed by atoms with Gasteiger partial charge in [-0.25, -0.2) is 9.50 Å². The van der Waals surface area contributed by atoms with Crippen LogP contribution in [0.3, 0.4) is 0 Å². The highest BCUT2D eigenvalue weighted by Crippen LogP contribution is 2.08. The van der Waals surface area contributed by atoms with E-state index >= 15 is 0 Å². The number of nitrogens with one attached hydrogen (secondary N) is 1. The molecule has 0 aromatic carbocycles. The van der Waals surface area contributed by atoms with Gasteiger partial charge in [-0.1, -0.05) is 5.11 Å². The molecule has 0 radical (unpaired) electrons. The monoisotopic (exact) mass is 162 g/mol. The topological polar surface area (TPSA) is 81.9 Å². The lowest BCUT2D eigenvalue weighted by Gasteiger charge is -1.84. The first kappa shape index (κ1) is 6.75.